The van der Waals surface area contributed by atoms with E-state index in [1.165, 1.54) is 32.2 Å². The largest absolute Gasteiger partial charge is 0.297 e. The van der Waals surface area contributed by atoms with E-state index in [-0.39, 0.29) is 5.54 Å². The van der Waals surface area contributed by atoms with E-state index < -0.39 is 0 Å². The van der Waals surface area contributed by atoms with Crippen LogP contribution in [0.2, 0.25) is 0 Å². The number of hydrogen-bond donors (Lipinski definition) is 1. The number of rotatable bonds is 4. The van der Waals surface area contributed by atoms with Gasteiger partial charge in [0.05, 0.1) is 6.07 Å². The number of likely N-dealkylation sites (tertiary alicyclic amines) is 1. The number of nitrogens with one attached hydrogen (secondary N) is 1. The van der Waals surface area contributed by atoms with Crippen LogP contribution in [0.1, 0.15) is 66.2 Å². The van der Waals surface area contributed by atoms with E-state index in [4.69, 9.17) is 0 Å². The lowest BCUT2D eigenvalue weighted by Crippen LogP contribution is -2.55. The number of nitriles is 1. The third kappa shape index (κ3) is 3.35. The first-order valence-electron chi connectivity index (χ1n) is 8.42. The Kier molecular flexibility index (Phi) is 5.09. The third-order valence-corrected chi connectivity index (χ3v) is 5.08. The molecule has 3 unspecified atom stereocenters. The molecule has 1 saturated heterocycles. The molecule has 1 aliphatic carbocycles. The molecule has 2 fully saturated rings. The summed E-state index contributed by atoms with van der Waals surface area (Å²) >= 11 is 0. The van der Waals surface area contributed by atoms with Crippen molar-refractivity contribution in [3.8, 4) is 6.07 Å². The third-order valence-electron chi connectivity index (χ3n) is 5.08. The van der Waals surface area contributed by atoms with Crippen LogP contribution in [0.3, 0.4) is 0 Å². The molecule has 3 heteroatoms. The molecule has 0 spiro atoms. The Morgan fingerprint density at radius 2 is 1.95 bits per heavy atom. The Balaban J connectivity index is 2.08. The Morgan fingerprint density at radius 1 is 1.20 bits per heavy atom. The van der Waals surface area contributed by atoms with E-state index in [0.717, 1.165) is 24.8 Å². The van der Waals surface area contributed by atoms with E-state index in [1.54, 1.807) is 0 Å². The maximum absolute atomic E-state index is 9.70. The van der Waals surface area contributed by atoms with Gasteiger partial charge >= 0.3 is 0 Å². The number of hydrogen-bond acceptors (Lipinski definition) is 3. The summed E-state index contributed by atoms with van der Waals surface area (Å²) in [7, 11) is 0. The van der Waals surface area contributed by atoms with Crippen LogP contribution in [0.4, 0.5) is 0 Å². The van der Waals surface area contributed by atoms with Crippen molar-refractivity contribution in [2.24, 2.45) is 5.92 Å². The van der Waals surface area contributed by atoms with Gasteiger partial charge in [0.25, 0.3) is 0 Å². The predicted octanol–water partition coefficient (Wildman–Crippen LogP) is 3.31. The highest BCUT2D eigenvalue weighted by molar-refractivity contribution is 5.12. The van der Waals surface area contributed by atoms with Crippen LogP contribution in [0, 0.1) is 17.2 Å². The lowest BCUT2D eigenvalue weighted by molar-refractivity contribution is 0.0873. The van der Waals surface area contributed by atoms with Crippen LogP contribution in [0.25, 0.3) is 0 Å². The summed E-state index contributed by atoms with van der Waals surface area (Å²) in [5.74, 6) is 0.731. The first-order valence-corrected chi connectivity index (χ1v) is 8.42. The van der Waals surface area contributed by atoms with E-state index >= 15 is 0 Å². The summed E-state index contributed by atoms with van der Waals surface area (Å²) in [6.45, 7) is 10.2. The standard InChI is InChI=1S/C17H31N3/c1-13(2)16-8-6-10-20(16)15-7-5-9-17(11-15,12-18)19-14(3)4/h13-16,19H,5-11H2,1-4H3. The summed E-state index contributed by atoms with van der Waals surface area (Å²) in [5.41, 5.74) is -0.290. The van der Waals surface area contributed by atoms with Gasteiger partial charge in [-0.2, -0.15) is 5.26 Å². The van der Waals surface area contributed by atoms with Gasteiger partial charge in [0.2, 0.25) is 0 Å². The Labute approximate surface area is 124 Å². The van der Waals surface area contributed by atoms with Gasteiger partial charge in [-0.1, -0.05) is 13.8 Å². The van der Waals surface area contributed by atoms with Crippen LogP contribution >= 0.6 is 0 Å². The Bertz CT molecular complexity index is 358. The van der Waals surface area contributed by atoms with Gasteiger partial charge in [-0.25, -0.2) is 0 Å². The van der Waals surface area contributed by atoms with Gasteiger partial charge in [0.15, 0.2) is 0 Å². The highest BCUT2D eigenvalue weighted by Crippen LogP contribution is 2.36. The molecule has 0 aromatic heterocycles. The molecule has 114 valence electrons. The molecule has 0 amide bonds. The van der Waals surface area contributed by atoms with Gasteiger partial charge in [-0.15, -0.1) is 0 Å². The zero-order chi connectivity index (χ0) is 14.8. The molecule has 1 heterocycles. The fourth-order valence-electron chi connectivity index (χ4n) is 4.33. The van der Waals surface area contributed by atoms with Crippen molar-refractivity contribution in [1.29, 1.82) is 5.26 Å². The van der Waals surface area contributed by atoms with Crippen molar-refractivity contribution >= 4 is 0 Å². The lowest BCUT2D eigenvalue weighted by atomic mass is 9.78. The maximum atomic E-state index is 9.70. The van der Waals surface area contributed by atoms with Crippen molar-refractivity contribution in [3.05, 3.63) is 0 Å². The summed E-state index contributed by atoms with van der Waals surface area (Å²) in [6, 6.07) is 4.32. The lowest BCUT2D eigenvalue weighted by Gasteiger charge is -2.44. The monoisotopic (exact) mass is 277 g/mol. The minimum absolute atomic E-state index is 0.290. The smallest absolute Gasteiger partial charge is 0.108 e. The van der Waals surface area contributed by atoms with Gasteiger partial charge in [-0.3, -0.25) is 10.2 Å². The van der Waals surface area contributed by atoms with Gasteiger partial charge in [-0.05, 0) is 64.8 Å². The molecule has 0 bridgehead atoms. The average molecular weight is 277 g/mol. The molecule has 0 radical (unpaired) electrons. The average Bonchev–Trinajstić information content (AvgIpc) is 2.87. The molecule has 0 aromatic rings. The van der Waals surface area contributed by atoms with E-state index in [2.05, 4.69) is 44.0 Å². The molecule has 1 N–H and O–H groups in total. The molecule has 1 aliphatic heterocycles. The van der Waals surface area contributed by atoms with Crippen LogP contribution in [-0.4, -0.2) is 35.1 Å². The van der Waals surface area contributed by atoms with Gasteiger partial charge in [0.1, 0.15) is 5.54 Å². The minimum atomic E-state index is -0.290. The second-order valence-corrected chi connectivity index (χ2v) is 7.43. The molecular weight excluding hydrogens is 246 g/mol. The fraction of sp³-hybridized carbons (Fsp3) is 0.941. The molecular formula is C17H31N3. The topological polar surface area (TPSA) is 39.1 Å². The van der Waals surface area contributed by atoms with Crippen LogP contribution in [0.5, 0.6) is 0 Å². The highest BCUT2D eigenvalue weighted by Gasteiger charge is 2.42. The van der Waals surface area contributed by atoms with Crippen molar-refractivity contribution in [1.82, 2.24) is 10.2 Å². The summed E-state index contributed by atoms with van der Waals surface area (Å²) in [6.07, 6.45) is 7.14. The molecule has 3 atom stereocenters. The van der Waals surface area contributed by atoms with Crippen molar-refractivity contribution in [3.63, 3.8) is 0 Å². The van der Waals surface area contributed by atoms with Crippen LogP contribution in [-0.2, 0) is 0 Å². The summed E-state index contributed by atoms with van der Waals surface area (Å²) in [5, 5.41) is 13.2. The Hall–Kier alpha value is -0.590. The maximum Gasteiger partial charge on any atom is 0.108 e. The second-order valence-electron chi connectivity index (χ2n) is 7.43. The van der Waals surface area contributed by atoms with Gasteiger partial charge in [0, 0.05) is 18.1 Å². The van der Waals surface area contributed by atoms with E-state index in [0.29, 0.717) is 12.1 Å². The van der Waals surface area contributed by atoms with Crippen LogP contribution in [0.15, 0.2) is 0 Å². The van der Waals surface area contributed by atoms with E-state index in [9.17, 15) is 5.26 Å². The zero-order valence-electron chi connectivity index (χ0n) is 13.7. The summed E-state index contributed by atoms with van der Waals surface area (Å²) in [4.78, 5) is 2.72. The number of nitrogens with zero attached hydrogens (tertiary/aromatic N) is 2. The SMILES string of the molecule is CC(C)NC1(C#N)CCCC(N2CCCC2C(C)C)C1. The van der Waals surface area contributed by atoms with Gasteiger partial charge < -0.3 is 0 Å². The molecule has 2 rings (SSSR count). The molecule has 1 saturated carbocycles. The fourth-order valence-corrected chi connectivity index (χ4v) is 4.33. The van der Waals surface area contributed by atoms with E-state index in [1.807, 2.05) is 0 Å². The second kappa shape index (κ2) is 6.45. The minimum Gasteiger partial charge on any atom is -0.297 e. The zero-order valence-corrected chi connectivity index (χ0v) is 13.7. The first kappa shape index (κ1) is 15.8. The van der Waals surface area contributed by atoms with Crippen molar-refractivity contribution in [2.75, 3.05) is 6.54 Å². The van der Waals surface area contributed by atoms with Crippen LogP contribution < -0.4 is 5.32 Å². The van der Waals surface area contributed by atoms with Crippen molar-refractivity contribution < 1.29 is 0 Å². The highest BCUT2D eigenvalue weighted by atomic mass is 15.2. The normalized spacial score (nSPS) is 35.6. The quantitative estimate of drug-likeness (QED) is 0.857. The Morgan fingerprint density at radius 3 is 2.55 bits per heavy atom. The molecule has 2 aliphatic rings. The summed E-state index contributed by atoms with van der Waals surface area (Å²) < 4.78 is 0. The van der Waals surface area contributed by atoms with Crippen molar-refractivity contribution in [2.45, 2.75) is 89.9 Å². The first-order chi connectivity index (χ1) is 9.47. The molecule has 3 nitrogen and oxygen atoms in total. The predicted molar refractivity (Wildman–Crippen MR) is 83.4 cm³/mol. The molecule has 0 aromatic carbocycles. The molecule has 20 heavy (non-hydrogen) atoms.